The van der Waals surface area contributed by atoms with Gasteiger partial charge in [-0.05, 0) is 47.5 Å². The summed E-state index contributed by atoms with van der Waals surface area (Å²) in [6.07, 6.45) is 0.976. The molecule has 2 heterocycles. The summed E-state index contributed by atoms with van der Waals surface area (Å²) >= 11 is 1.65. The predicted octanol–water partition coefficient (Wildman–Crippen LogP) is 5.15. The highest BCUT2D eigenvalue weighted by Crippen LogP contribution is 2.27. The van der Waals surface area contributed by atoms with Crippen LogP contribution in [0.15, 0.2) is 72.1 Å². The summed E-state index contributed by atoms with van der Waals surface area (Å²) in [5, 5.41) is 4.99. The highest BCUT2D eigenvalue weighted by Gasteiger charge is 2.35. The number of nitrogens with one attached hydrogen (secondary N) is 1. The molecule has 1 aliphatic rings. The van der Waals surface area contributed by atoms with Gasteiger partial charge in [-0.25, -0.2) is 4.79 Å². The van der Waals surface area contributed by atoms with Crippen LogP contribution in [0.5, 0.6) is 0 Å². The average Bonchev–Trinajstić information content (AvgIpc) is 3.45. The lowest BCUT2D eigenvalue weighted by molar-refractivity contribution is -0.120. The molecule has 0 spiro atoms. The Labute approximate surface area is 173 Å². The van der Waals surface area contributed by atoms with Crippen LogP contribution >= 0.6 is 11.3 Å². The number of amides is 2. The van der Waals surface area contributed by atoms with Gasteiger partial charge in [0.05, 0.1) is 0 Å². The Morgan fingerprint density at radius 1 is 1.07 bits per heavy atom. The van der Waals surface area contributed by atoms with E-state index in [-0.39, 0.29) is 12.5 Å². The van der Waals surface area contributed by atoms with Crippen molar-refractivity contribution < 1.29 is 14.3 Å². The molecular formula is C23H22N2O3S. The lowest BCUT2D eigenvalue weighted by atomic mass is 10.1. The van der Waals surface area contributed by atoms with Gasteiger partial charge in [0.15, 0.2) is 0 Å². The van der Waals surface area contributed by atoms with Gasteiger partial charge in [-0.15, -0.1) is 11.3 Å². The molecule has 1 saturated heterocycles. The standard InChI is InChI=1S/C23H22N2O3S/c26-22(24-19-10-4-9-18(15-19)21-12-6-14-29-21)20-11-5-13-25(20)23(27)28-16-17-7-2-1-3-8-17/h1-4,6-10,12,14-15,20H,5,11,13,16H2,(H,24,26)/t20-/m0/s1. The van der Waals surface area contributed by atoms with E-state index in [0.717, 1.165) is 28.1 Å². The van der Waals surface area contributed by atoms with Crippen LogP contribution < -0.4 is 5.32 Å². The topological polar surface area (TPSA) is 58.6 Å². The summed E-state index contributed by atoms with van der Waals surface area (Å²) in [4.78, 5) is 28.0. The van der Waals surface area contributed by atoms with Crippen molar-refractivity contribution in [2.45, 2.75) is 25.5 Å². The van der Waals surface area contributed by atoms with Gasteiger partial charge < -0.3 is 10.1 Å². The number of hydrogen-bond donors (Lipinski definition) is 1. The van der Waals surface area contributed by atoms with Crippen molar-refractivity contribution in [3.8, 4) is 10.4 Å². The molecule has 2 aromatic carbocycles. The number of rotatable bonds is 5. The molecule has 0 radical (unpaired) electrons. The van der Waals surface area contributed by atoms with Gasteiger partial charge in [0, 0.05) is 17.1 Å². The van der Waals surface area contributed by atoms with Crippen molar-refractivity contribution in [2.24, 2.45) is 0 Å². The van der Waals surface area contributed by atoms with E-state index in [9.17, 15) is 9.59 Å². The fourth-order valence-electron chi connectivity index (χ4n) is 3.48. The third kappa shape index (κ3) is 4.66. The summed E-state index contributed by atoms with van der Waals surface area (Å²) in [6.45, 7) is 0.730. The quantitative estimate of drug-likeness (QED) is 0.637. The van der Waals surface area contributed by atoms with E-state index >= 15 is 0 Å². The largest absolute Gasteiger partial charge is 0.445 e. The van der Waals surface area contributed by atoms with E-state index in [0.29, 0.717) is 13.0 Å². The predicted molar refractivity (Wildman–Crippen MR) is 115 cm³/mol. The van der Waals surface area contributed by atoms with Crippen molar-refractivity contribution >= 4 is 29.0 Å². The Morgan fingerprint density at radius 3 is 2.72 bits per heavy atom. The second-order valence-corrected chi connectivity index (χ2v) is 7.89. The highest BCUT2D eigenvalue weighted by molar-refractivity contribution is 7.13. The fraction of sp³-hybridized carbons (Fsp3) is 0.217. The molecule has 0 saturated carbocycles. The van der Waals surface area contributed by atoms with E-state index in [2.05, 4.69) is 5.32 Å². The second kappa shape index (κ2) is 8.92. The van der Waals surface area contributed by atoms with Gasteiger partial charge in [0.1, 0.15) is 12.6 Å². The lowest BCUT2D eigenvalue weighted by Crippen LogP contribution is -2.43. The van der Waals surface area contributed by atoms with E-state index < -0.39 is 12.1 Å². The van der Waals surface area contributed by atoms with Crippen LogP contribution in [0, 0.1) is 0 Å². The number of benzene rings is 2. The minimum Gasteiger partial charge on any atom is -0.445 e. The monoisotopic (exact) mass is 406 g/mol. The molecule has 0 unspecified atom stereocenters. The Kier molecular flexibility index (Phi) is 5.91. The average molecular weight is 407 g/mol. The van der Waals surface area contributed by atoms with Gasteiger partial charge >= 0.3 is 6.09 Å². The minimum atomic E-state index is -0.510. The van der Waals surface area contributed by atoms with Crippen molar-refractivity contribution in [1.29, 1.82) is 0 Å². The maximum absolute atomic E-state index is 12.8. The molecule has 148 valence electrons. The Balaban J connectivity index is 1.39. The molecule has 1 fully saturated rings. The Hall–Kier alpha value is -3.12. The smallest absolute Gasteiger partial charge is 0.410 e. The van der Waals surface area contributed by atoms with Crippen molar-refractivity contribution in [1.82, 2.24) is 4.90 Å². The molecule has 2 amide bonds. The SMILES string of the molecule is O=C(Nc1cccc(-c2cccs2)c1)[C@@H]1CCCN1C(=O)OCc1ccccc1. The third-order valence-electron chi connectivity index (χ3n) is 4.93. The number of ether oxygens (including phenoxy) is 1. The van der Waals surface area contributed by atoms with Crippen LogP contribution in [-0.2, 0) is 16.1 Å². The number of thiophene rings is 1. The molecular weight excluding hydrogens is 384 g/mol. The van der Waals surface area contributed by atoms with E-state index in [1.807, 2.05) is 72.1 Å². The molecule has 1 atom stereocenters. The first kappa shape index (κ1) is 19.2. The first-order chi connectivity index (χ1) is 14.2. The van der Waals surface area contributed by atoms with E-state index in [1.54, 1.807) is 11.3 Å². The molecule has 29 heavy (non-hydrogen) atoms. The Morgan fingerprint density at radius 2 is 1.93 bits per heavy atom. The summed E-state index contributed by atoms with van der Waals surface area (Å²) in [5.74, 6) is -0.178. The normalized spacial score (nSPS) is 15.9. The van der Waals surface area contributed by atoms with Crippen LogP contribution in [0.2, 0.25) is 0 Å². The number of likely N-dealkylation sites (tertiary alicyclic amines) is 1. The summed E-state index contributed by atoms with van der Waals surface area (Å²) in [5.41, 5.74) is 2.71. The number of carbonyl (C=O) groups excluding carboxylic acids is 2. The van der Waals surface area contributed by atoms with Gasteiger partial charge in [-0.1, -0.05) is 48.5 Å². The fourth-order valence-corrected chi connectivity index (χ4v) is 4.20. The van der Waals surface area contributed by atoms with Gasteiger partial charge in [-0.2, -0.15) is 0 Å². The van der Waals surface area contributed by atoms with E-state index in [4.69, 9.17) is 4.74 Å². The first-order valence-corrected chi connectivity index (χ1v) is 10.5. The summed E-state index contributed by atoms with van der Waals surface area (Å²) in [6, 6.07) is 20.8. The van der Waals surface area contributed by atoms with Gasteiger partial charge in [-0.3, -0.25) is 9.69 Å². The summed E-state index contributed by atoms with van der Waals surface area (Å²) < 4.78 is 5.42. The van der Waals surface area contributed by atoms with Crippen molar-refractivity contribution in [3.05, 3.63) is 77.7 Å². The molecule has 0 aliphatic carbocycles. The lowest BCUT2D eigenvalue weighted by Gasteiger charge is -2.23. The zero-order valence-electron chi connectivity index (χ0n) is 15.9. The molecule has 1 aliphatic heterocycles. The minimum absolute atomic E-state index is 0.178. The van der Waals surface area contributed by atoms with Crippen LogP contribution in [0.25, 0.3) is 10.4 Å². The molecule has 1 aromatic heterocycles. The third-order valence-corrected chi connectivity index (χ3v) is 5.85. The number of carbonyl (C=O) groups is 2. The number of hydrogen-bond acceptors (Lipinski definition) is 4. The second-order valence-electron chi connectivity index (χ2n) is 6.94. The molecule has 3 aromatic rings. The molecule has 0 bridgehead atoms. The highest BCUT2D eigenvalue weighted by atomic mass is 32.1. The molecule has 5 nitrogen and oxygen atoms in total. The molecule has 6 heteroatoms. The zero-order chi connectivity index (χ0) is 20.1. The van der Waals surface area contributed by atoms with Gasteiger partial charge in [0.25, 0.3) is 0 Å². The number of nitrogens with zero attached hydrogens (tertiary/aromatic N) is 1. The maximum Gasteiger partial charge on any atom is 0.410 e. The van der Waals surface area contributed by atoms with Crippen LogP contribution in [0.3, 0.4) is 0 Å². The van der Waals surface area contributed by atoms with Crippen molar-refractivity contribution in [2.75, 3.05) is 11.9 Å². The Bertz CT molecular complexity index is 973. The molecule has 1 N–H and O–H groups in total. The number of anilines is 1. The van der Waals surface area contributed by atoms with Gasteiger partial charge in [0.2, 0.25) is 5.91 Å². The maximum atomic E-state index is 12.8. The zero-order valence-corrected chi connectivity index (χ0v) is 16.7. The van der Waals surface area contributed by atoms with Crippen LogP contribution in [0.4, 0.5) is 10.5 Å². The van der Waals surface area contributed by atoms with Crippen LogP contribution in [-0.4, -0.2) is 29.5 Å². The van der Waals surface area contributed by atoms with Crippen molar-refractivity contribution in [3.63, 3.8) is 0 Å². The summed E-state index contributed by atoms with van der Waals surface area (Å²) in [7, 11) is 0. The van der Waals surface area contributed by atoms with Crippen LogP contribution in [0.1, 0.15) is 18.4 Å². The first-order valence-electron chi connectivity index (χ1n) is 9.63. The van der Waals surface area contributed by atoms with E-state index in [1.165, 1.54) is 4.90 Å². The molecule has 4 rings (SSSR count).